The van der Waals surface area contributed by atoms with Crippen LogP contribution in [0.15, 0.2) is 42.5 Å². The molecule has 0 saturated heterocycles. The monoisotopic (exact) mass is 358 g/mol. The third-order valence-corrected chi connectivity index (χ3v) is 3.61. The molecule has 0 aliphatic rings. The highest BCUT2D eigenvalue weighted by Gasteiger charge is 2.44. The van der Waals surface area contributed by atoms with E-state index in [4.69, 9.17) is 9.47 Å². The van der Waals surface area contributed by atoms with E-state index in [1.165, 1.54) is 6.08 Å². The van der Waals surface area contributed by atoms with Gasteiger partial charge < -0.3 is 9.47 Å². The lowest BCUT2D eigenvalue weighted by Gasteiger charge is -2.26. The van der Waals surface area contributed by atoms with Crippen molar-refractivity contribution < 1.29 is 27.4 Å². The molecule has 25 heavy (non-hydrogen) atoms. The van der Waals surface area contributed by atoms with Crippen molar-refractivity contribution in [3.63, 3.8) is 0 Å². The second kappa shape index (κ2) is 10.9. The highest BCUT2D eigenvalue weighted by Crippen LogP contribution is 2.33. The van der Waals surface area contributed by atoms with Gasteiger partial charge in [0.15, 0.2) is 0 Å². The average Bonchev–Trinajstić information content (AvgIpc) is 2.54. The van der Waals surface area contributed by atoms with E-state index in [1.54, 1.807) is 0 Å². The van der Waals surface area contributed by atoms with Crippen molar-refractivity contribution in [3.8, 4) is 0 Å². The molecule has 1 rings (SSSR count). The van der Waals surface area contributed by atoms with Crippen molar-refractivity contribution in [1.82, 2.24) is 0 Å². The first-order valence-corrected chi connectivity index (χ1v) is 8.36. The van der Waals surface area contributed by atoms with Crippen LogP contribution in [-0.4, -0.2) is 24.9 Å². The predicted octanol–water partition coefficient (Wildman–Crippen LogP) is 5.06. The SMILES string of the molecule is CCCC[C@@H](OC(C)=O)[C@H](/C=C\COCc1ccccc1)C(F)(F)F. The topological polar surface area (TPSA) is 35.5 Å². The summed E-state index contributed by atoms with van der Waals surface area (Å²) >= 11 is 0. The van der Waals surface area contributed by atoms with Crippen LogP contribution in [0, 0.1) is 5.92 Å². The van der Waals surface area contributed by atoms with E-state index in [0.29, 0.717) is 13.0 Å². The fourth-order valence-corrected chi connectivity index (χ4v) is 2.40. The van der Waals surface area contributed by atoms with Gasteiger partial charge in [-0.2, -0.15) is 13.2 Å². The number of ether oxygens (including phenoxy) is 2. The minimum absolute atomic E-state index is 0.0576. The van der Waals surface area contributed by atoms with Gasteiger partial charge in [0.05, 0.1) is 13.2 Å². The molecule has 0 radical (unpaired) electrons. The largest absolute Gasteiger partial charge is 0.462 e. The van der Waals surface area contributed by atoms with Crippen LogP contribution in [0.5, 0.6) is 0 Å². The van der Waals surface area contributed by atoms with Crippen molar-refractivity contribution in [3.05, 3.63) is 48.0 Å². The number of rotatable bonds is 10. The molecule has 0 bridgehead atoms. The maximum Gasteiger partial charge on any atom is 0.398 e. The molecule has 0 aliphatic carbocycles. The Bertz CT molecular complexity index is 526. The number of hydrogen-bond donors (Lipinski definition) is 0. The fourth-order valence-electron chi connectivity index (χ4n) is 2.40. The third kappa shape index (κ3) is 8.72. The minimum atomic E-state index is -4.48. The summed E-state index contributed by atoms with van der Waals surface area (Å²) in [6, 6.07) is 9.37. The van der Waals surface area contributed by atoms with Gasteiger partial charge >= 0.3 is 12.1 Å². The number of esters is 1. The molecule has 0 N–H and O–H groups in total. The second-order valence-corrected chi connectivity index (χ2v) is 5.79. The van der Waals surface area contributed by atoms with E-state index in [0.717, 1.165) is 25.0 Å². The molecule has 0 saturated carbocycles. The third-order valence-electron chi connectivity index (χ3n) is 3.61. The summed E-state index contributed by atoms with van der Waals surface area (Å²) in [6.45, 7) is 3.38. The molecule has 140 valence electrons. The summed E-state index contributed by atoms with van der Waals surface area (Å²) in [5.74, 6) is -2.53. The zero-order valence-electron chi connectivity index (χ0n) is 14.6. The van der Waals surface area contributed by atoms with Crippen molar-refractivity contribution in [1.29, 1.82) is 0 Å². The van der Waals surface area contributed by atoms with E-state index in [2.05, 4.69) is 0 Å². The van der Waals surface area contributed by atoms with E-state index in [9.17, 15) is 18.0 Å². The Hall–Kier alpha value is -1.82. The van der Waals surface area contributed by atoms with Gasteiger partial charge in [0, 0.05) is 6.92 Å². The van der Waals surface area contributed by atoms with E-state index in [-0.39, 0.29) is 13.0 Å². The van der Waals surface area contributed by atoms with Crippen LogP contribution in [0.3, 0.4) is 0 Å². The first-order chi connectivity index (χ1) is 11.8. The second-order valence-electron chi connectivity index (χ2n) is 5.79. The lowest BCUT2D eigenvalue weighted by molar-refractivity contribution is -0.195. The van der Waals surface area contributed by atoms with Crippen LogP contribution < -0.4 is 0 Å². The standard InChI is InChI=1S/C19H25F3O3/c1-3-4-12-18(25-15(2)23)17(19(20,21)22)11-8-13-24-14-16-9-6-5-7-10-16/h5-11,17-18H,3-4,12-14H2,1-2H3/b11-8-/t17-,18+/m0/s1. The molecular formula is C19H25F3O3. The Balaban J connectivity index is 2.64. The Morgan fingerprint density at radius 3 is 2.48 bits per heavy atom. The Labute approximate surface area is 146 Å². The van der Waals surface area contributed by atoms with Crippen LogP contribution in [0.4, 0.5) is 13.2 Å². The number of alkyl halides is 3. The molecule has 0 heterocycles. The molecule has 0 aromatic heterocycles. The molecule has 1 aromatic carbocycles. The highest BCUT2D eigenvalue weighted by atomic mass is 19.4. The molecule has 0 unspecified atom stereocenters. The molecule has 3 nitrogen and oxygen atoms in total. The molecule has 2 atom stereocenters. The van der Waals surface area contributed by atoms with Gasteiger partial charge in [-0.05, 0) is 12.0 Å². The molecule has 0 aliphatic heterocycles. The highest BCUT2D eigenvalue weighted by molar-refractivity contribution is 5.66. The smallest absolute Gasteiger partial charge is 0.398 e. The first-order valence-electron chi connectivity index (χ1n) is 8.36. The van der Waals surface area contributed by atoms with Gasteiger partial charge in [-0.3, -0.25) is 4.79 Å². The summed E-state index contributed by atoms with van der Waals surface area (Å²) < 4.78 is 50.3. The van der Waals surface area contributed by atoms with Gasteiger partial charge in [0.25, 0.3) is 0 Å². The van der Waals surface area contributed by atoms with Crippen LogP contribution in [0.25, 0.3) is 0 Å². The number of unbranched alkanes of at least 4 members (excludes halogenated alkanes) is 1. The number of halogens is 3. The van der Waals surface area contributed by atoms with Gasteiger partial charge in [-0.1, -0.05) is 62.2 Å². The zero-order chi connectivity index (χ0) is 18.7. The molecule has 0 amide bonds. The summed E-state index contributed by atoms with van der Waals surface area (Å²) in [6.07, 6.45) is -1.85. The number of hydrogen-bond acceptors (Lipinski definition) is 3. The molecule has 0 fully saturated rings. The summed E-state index contributed by atoms with van der Waals surface area (Å²) in [5, 5.41) is 0. The van der Waals surface area contributed by atoms with E-state index >= 15 is 0 Å². The molecule has 1 aromatic rings. The molecular weight excluding hydrogens is 333 g/mol. The van der Waals surface area contributed by atoms with E-state index in [1.807, 2.05) is 37.3 Å². The Kier molecular flexibility index (Phi) is 9.27. The lowest BCUT2D eigenvalue weighted by Crippen LogP contribution is -2.35. The molecule has 0 spiro atoms. The normalized spacial score (nSPS) is 14.4. The van der Waals surface area contributed by atoms with Crippen LogP contribution >= 0.6 is 0 Å². The Morgan fingerprint density at radius 1 is 1.24 bits per heavy atom. The summed E-state index contributed by atoms with van der Waals surface area (Å²) in [5.41, 5.74) is 0.948. The number of benzene rings is 1. The van der Waals surface area contributed by atoms with Crippen molar-refractivity contribution in [2.45, 2.75) is 52.0 Å². The quantitative estimate of drug-likeness (QED) is 0.333. The van der Waals surface area contributed by atoms with E-state index < -0.39 is 24.2 Å². The van der Waals surface area contributed by atoms with Crippen LogP contribution in [0.1, 0.15) is 38.7 Å². The van der Waals surface area contributed by atoms with Crippen molar-refractivity contribution >= 4 is 5.97 Å². The number of carbonyl (C=O) groups excluding carboxylic acids is 1. The lowest BCUT2D eigenvalue weighted by atomic mass is 9.96. The van der Waals surface area contributed by atoms with Crippen LogP contribution in [-0.2, 0) is 20.9 Å². The maximum absolute atomic E-state index is 13.3. The van der Waals surface area contributed by atoms with Crippen LogP contribution in [0.2, 0.25) is 0 Å². The summed E-state index contributed by atoms with van der Waals surface area (Å²) in [4.78, 5) is 11.1. The van der Waals surface area contributed by atoms with Crippen molar-refractivity contribution in [2.24, 2.45) is 5.92 Å². The minimum Gasteiger partial charge on any atom is -0.462 e. The zero-order valence-corrected chi connectivity index (χ0v) is 14.6. The number of carbonyl (C=O) groups is 1. The van der Waals surface area contributed by atoms with Gasteiger partial charge in [-0.25, -0.2) is 0 Å². The van der Waals surface area contributed by atoms with Gasteiger partial charge in [-0.15, -0.1) is 0 Å². The average molecular weight is 358 g/mol. The van der Waals surface area contributed by atoms with Crippen molar-refractivity contribution in [2.75, 3.05) is 6.61 Å². The Morgan fingerprint density at radius 2 is 1.92 bits per heavy atom. The van der Waals surface area contributed by atoms with Gasteiger partial charge in [0.2, 0.25) is 0 Å². The van der Waals surface area contributed by atoms with Gasteiger partial charge in [0.1, 0.15) is 12.0 Å². The predicted molar refractivity (Wildman–Crippen MR) is 89.9 cm³/mol. The maximum atomic E-state index is 13.3. The summed E-state index contributed by atoms with van der Waals surface area (Å²) in [7, 11) is 0. The molecule has 6 heteroatoms. The fraction of sp³-hybridized carbons (Fsp3) is 0.526. The first kappa shape index (κ1) is 21.2.